The number of ether oxygens (including phenoxy) is 1. The van der Waals surface area contributed by atoms with Crippen LogP contribution in [0.5, 0.6) is 5.75 Å². The fraction of sp³-hybridized carbons (Fsp3) is 0.136. The van der Waals surface area contributed by atoms with Crippen LogP contribution in [0.15, 0.2) is 70.7 Å². The summed E-state index contributed by atoms with van der Waals surface area (Å²) in [6.07, 6.45) is 1.26. The highest BCUT2D eigenvalue weighted by Gasteiger charge is 2.22. The molecular weight excluding hydrogens is 492 g/mol. The predicted molar refractivity (Wildman–Crippen MR) is 136 cm³/mol. The molecule has 0 radical (unpaired) electrons. The highest BCUT2D eigenvalue weighted by atomic mass is 32.2. The second kappa shape index (κ2) is 10.7. The number of benzene rings is 3. The van der Waals surface area contributed by atoms with Crippen molar-refractivity contribution in [3.63, 3.8) is 0 Å². The van der Waals surface area contributed by atoms with E-state index in [0.717, 1.165) is 6.07 Å². The van der Waals surface area contributed by atoms with Crippen LogP contribution in [0.1, 0.15) is 5.56 Å². The van der Waals surface area contributed by atoms with E-state index in [2.05, 4.69) is 15.2 Å². The van der Waals surface area contributed by atoms with Crippen LogP contribution in [-0.4, -0.2) is 45.7 Å². The number of nitrogens with zero attached hydrogens (tertiary/aromatic N) is 4. The van der Waals surface area contributed by atoms with Crippen LogP contribution < -0.4 is 19.8 Å². The van der Waals surface area contributed by atoms with Gasteiger partial charge >= 0.3 is 0 Å². The number of hydrazone groups is 1. The number of nitro benzene ring substituents is 2. The molecule has 0 aliphatic carbocycles. The van der Waals surface area contributed by atoms with Crippen molar-refractivity contribution in [3.05, 3.63) is 86.5 Å². The molecule has 2 N–H and O–H groups in total. The van der Waals surface area contributed by atoms with Crippen molar-refractivity contribution in [2.45, 2.75) is 4.90 Å². The number of methoxy groups -OCH3 is 1. The van der Waals surface area contributed by atoms with E-state index in [1.165, 1.54) is 43.7 Å². The zero-order valence-electron chi connectivity index (χ0n) is 19.4. The normalized spacial score (nSPS) is 11.2. The third-order valence-electron chi connectivity index (χ3n) is 4.90. The van der Waals surface area contributed by atoms with E-state index in [1.54, 1.807) is 43.3 Å². The summed E-state index contributed by atoms with van der Waals surface area (Å²) in [6.45, 7) is 0. The van der Waals surface area contributed by atoms with Crippen LogP contribution in [0.25, 0.3) is 0 Å². The monoisotopic (exact) mass is 514 g/mol. The van der Waals surface area contributed by atoms with Gasteiger partial charge in [0.15, 0.2) is 0 Å². The van der Waals surface area contributed by atoms with Gasteiger partial charge in [-0.15, -0.1) is 0 Å². The Morgan fingerprint density at radius 2 is 1.61 bits per heavy atom. The molecule has 0 heterocycles. The molecule has 3 rings (SSSR count). The van der Waals surface area contributed by atoms with E-state index >= 15 is 0 Å². The SMILES string of the molecule is COc1ccc(NS(=O)(=O)c2ccc(N/N=C\c3ccc(N(C)C)c([N+](=O)[O-])c3)c([N+](=O)[O-])c2)cc1. The Balaban J connectivity index is 1.83. The smallest absolute Gasteiger partial charge is 0.295 e. The van der Waals surface area contributed by atoms with Crippen molar-refractivity contribution in [1.29, 1.82) is 0 Å². The van der Waals surface area contributed by atoms with Crippen molar-refractivity contribution < 1.29 is 23.0 Å². The lowest BCUT2D eigenvalue weighted by Crippen LogP contribution is -2.13. The molecule has 36 heavy (non-hydrogen) atoms. The standard InChI is InChI=1S/C22H22N6O7S/c1-26(2)20-11-4-15(12-22(20)28(31)32)14-23-24-19-10-9-18(13-21(19)27(29)30)36(33,34)25-16-5-7-17(35-3)8-6-16/h4-14,24-25H,1-3H3/b23-14-. The topological polar surface area (TPSA) is 169 Å². The van der Waals surface area contributed by atoms with E-state index in [9.17, 15) is 28.6 Å². The van der Waals surface area contributed by atoms with E-state index in [4.69, 9.17) is 4.74 Å². The van der Waals surface area contributed by atoms with Gasteiger partial charge in [-0.2, -0.15) is 5.10 Å². The Morgan fingerprint density at radius 3 is 2.19 bits per heavy atom. The van der Waals surface area contributed by atoms with Crippen LogP contribution in [0.2, 0.25) is 0 Å². The van der Waals surface area contributed by atoms with Gasteiger partial charge in [0, 0.05) is 37.5 Å². The average molecular weight is 515 g/mol. The summed E-state index contributed by atoms with van der Waals surface area (Å²) in [6, 6.07) is 13.9. The minimum Gasteiger partial charge on any atom is -0.497 e. The molecular formula is C22H22N6O7S. The van der Waals surface area contributed by atoms with Gasteiger partial charge in [-0.05, 0) is 42.5 Å². The fourth-order valence-corrected chi connectivity index (χ4v) is 4.20. The van der Waals surface area contributed by atoms with Gasteiger partial charge in [0.05, 0.1) is 28.1 Å². The first-order chi connectivity index (χ1) is 17.0. The Labute approximate surface area is 206 Å². The maximum absolute atomic E-state index is 12.7. The van der Waals surface area contributed by atoms with Crippen molar-refractivity contribution in [1.82, 2.24) is 0 Å². The molecule has 3 aromatic carbocycles. The largest absolute Gasteiger partial charge is 0.497 e. The Bertz CT molecular complexity index is 1420. The van der Waals surface area contributed by atoms with Gasteiger partial charge in [-0.3, -0.25) is 30.4 Å². The zero-order valence-corrected chi connectivity index (χ0v) is 20.2. The average Bonchev–Trinajstić information content (AvgIpc) is 2.84. The lowest BCUT2D eigenvalue weighted by atomic mass is 10.2. The molecule has 0 amide bonds. The minimum atomic E-state index is -4.12. The summed E-state index contributed by atoms with van der Waals surface area (Å²) in [5, 5.41) is 26.8. The van der Waals surface area contributed by atoms with E-state index in [0.29, 0.717) is 17.0 Å². The summed E-state index contributed by atoms with van der Waals surface area (Å²) in [5.41, 5.74) is 2.79. The maximum atomic E-state index is 12.7. The number of nitro groups is 2. The second-order valence-electron chi connectivity index (χ2n) is 7.54. The van der Waals surface area contributed by atoms with Crippen molar-refractivity contribution in [3.8, 4) is 5.75 Å². The molecule has 0 aliphatic heterocycles. The summed E-state index contributed by atoms with van der Waals surface area (Å²) in [7, 11) is 0.700. The third-order valence-corrected chi connectivity index (χ3v) is 6.27. The third kappa shape index (κ3) is 6.04. The summed E-state index contributed by atoms with van der Waals surface area (Å²) in [4.78, 5) is 22.9. The number of anilines is 3. The van der Waals surface area contributed by atoms with Crippen LogP contribution in [-0.2, 0) is 10.0 Å². The minimum absolute atomic E-state index is 0.0703. The molecule has 0 atom stereocenters. The van der Waals surface area contributed by atoms with E-state index in [-0.39, 0.29) is 22.0 Å². The summed E-state index contributed by atoms with van der Waals surface area (Å²) < 4.78 is 32.8. The lowest BCUT2D eigenvalue weighted by Gasteiger charge is -2.12. The quantitative estimate of drug-likeness (QED) is 0.232. The van der Waals surface area contributed by atoms with Crippen LogP contribution in [0.3, 0.4) is 0 Å². The Morgan fingerprint density at radius 1 is 0.944 bits per heavy atom. The molecule has 0 spiro atoms. The van der Waals surface area contributed by atoms with E-state index < -0.39 is 25.6 Å². The number of nitrogens with one attached hydrogen (secondary N) is 2. The van der Waals surface area contributed by atoms with Gasteiger partial charge < -0.3 is 9.64 Å². The first kappa shape index (κ1) is 25.9. The maximum Gasteiger partial charge on any atom is 0.295 e. The number of sulfonamides is 1. The highest BCUT2D eigenvalue weighted by molar-refractivity contribution is 7.92. The van der Waals surface area contributed by atoms with Crippen LogP contribution in [0, 0.1) is 20.2 Å². The van der Waals surface area contributed by atoms with Gasteiger partial charge in [0.25, 0.3) is 21.4 Å². The molecule has 13 nitrogen and oxygen atoms in total. The molecule has 0 saturated carbocycles. The van der Waals surface area contributed by atoms with Gasteiger partial charge in [-0.1, -0.05) is 6.07 Å². The van der Waals surface area contributed by atoms with Gasteiger partial charge in [0.1, 0.15) is 17.1 Å². The van der Waals surface area contributed by atoms with Gasteiger partial charge in [0.2, 0.25) is 0 Å². The van der Waals surface area contributed by atoms with Gasteiger partial charge in [-0.25, -0.2) is 8.42 Å². The first-order valence-corrected chi connectivity index (χ1v) is 11.7. The first-order valence-electron chi connectivity index (χ1n) is 10.2. The number of hydrogen-bond acceptors (Lipinski definition) is 10. The number of hydrogen-bond donors (Lipinski definition) is 2. The second-order valence-corrected chi connectivity index (χ2v) is 9.22. The Hall–Kier alpha value is -4.72. The molecule has 0 unspecified atom stereocenters. The van der Waals surface area contributed by atoms with Crippen LogP contribution in [0.4, 0.5) is 28.4 Å². The lowest BCUT2D eigenvalue weighted by molar-refractivity contribution is -0.384. The molecule has 0 fully saturated rings. The number of rotatable bonds is 10. The molecule has 188 valence electrons. The van der Waals surface area contributed by atoms with E-state index in [1.807, 2.05) is 0 Å². The van der Waals surface area contributed by atoms with Crippen LogP contribution >= 0.6 is 0 Å². The van der Waals surface area contributed by atoms with Crippen molar-refractivity contribution in [2.24, 2.45) is 5.10 Å². The summed E-state index contributed by atoms with van der Waals surface area (Å²) in [5.74, 6) is 0.535. The Kier molecular flexibility index (Phi) is 7.69. The zero-order chi connectivity index (χ0) is 26.5. The molecule has 0 aromatic heterocycles. The van der Waals surface area contributed by atoms with Crippen molar-refractivity contribution >= 4 is 44.7 Å². The molecule has 0 saturated heterocycles. The highest BCUT2D eigenvalue weighted by Crippen LogP contribution is 2.30. The fourth-order valence-electron chi connectivity index (χ4n) is 3.12. The van der Waals surface area contributed by atoms with Crippen molar-refractivity contribution in [2.75, 3.05) is 36.3 Å². The predicted octanol–water partition coefficient (Wildman–Crippen LogP) is 3.82. The molecule has 0 aliphatic rings. The molecule has 0 bridgehead atoms. The molecule has 14 heteroatoms. The summed E-state index contributed by atoms with van der Waals surface area (Å²) >= 11 is 0. The molecule has 3 aromatic rings.